The summed E-state index contributed by atoms with van der Waals surface area (Å²) in [6.45, 7) is 4.52. The zero-order valence-electron chi connectivity index (χ0n) is 10.9. The van der Waals surface area contributed by atoms with E-state index in [2.05, 4.69) is 29.9 Å². The fourth-order valence-electron chi connectivity index (χ4n) is 2.07. The fourth-order valence-corrected chi connectivity index (χ4v) is 4.20. The maximum atomic E-state index is 5.56. The van der Waals surface area contributed by atoms with Crippen LogP contribution in [0.4, 0.5) is 5.88 Å². The highest BCUT2D eigenvalue weighted by atomic mass is 32.2. The van der Waals surface area contributed by atoms with Crippen LogP contribution in [0.15, 0.2) is 40.7 Å². The molecule has 0 N–H and O–H groups in total. The van der Waals surface area contributed by atoms with Crippen LogP contribution in [0.2, 0.25) is 0 Å². The molecule has 3 heterocycles. The highest BCUT2D eigenvalue weighted by Gasteiger charge is 2.32. The summed E-state index contributed by atoms with van der Waals surface area (Å²) in [5.41, 5.74) is 1.88. The molecule has 100 valence electrons. The number of thioether (sulfide) groups is 1. The topological polar surface area (TPSA) is 29.3 Å². The van der Waals surface area contributed by atoms with Crippen molar-refractivity contribution in [3.63, 3.8) is 0 Å². The van der Waals surface area contributed by atoms with Gasteiger partial charge in [0.1, 0.15) is 0 Å². The summed E-state index contributed by atoms with van der Waals surface area (Å²) in [5.74, 6) is 1.51. The maximum Gasteiger partial charge on any atom is 0.200 e. The Bertz CT molecular complexity index is 548. The third-order valence-electron chi connectivity index (χ3n) is 3.34. The minimum absolute atomic E-state index is 0.397. The van der Waals surface area contributed by atoms with Crippen LogP contribution in [-0.2, 0) is 0 Å². The van der Waals surface area contributed by atoms with E-state index in [1.807, 2.05) is 35.6 Å². The van der Waals surface area contributed by atoms with Crippen LogP contribution in [0.3, 0.4) is 0 Å². The molecule has 0 saturated carbocycles. The predicted octanol–water partition coefficient (Wildman–Crippen LogP) is 4.66. The Morgan fingerprint density at radius 2 is 2.42 bits per heavy atom. The molecule has 1 aliphatic heterocycles. The number of hydrogen-bond acceptors (Lipinski definition) is 5. The third kappa shape index (κ3) is 2.44. The van der Waals surface area contributed by atoms with Gasteiger partial charge in [-0.05, 0) is 12.0 Å². The molecule has 0 aromatic carbocycles. The summed E-state index contributed by atoms with van der Waals surface area (Å²) in [5, 5.41) is 0.397. The van der Waals surface area contributed by atoms with Gasteiger partial charge in [0.15, 0.2) is 5.88 Å². The van der Waals surface area contributed by atoms with Crippen molar-refractivity contribution in [2.75, 3.05) is 4.90 Å². The van der Waals surface area contributed by atoms with E-state index in [0.29, 0.717) is 11.3 Å². The number of aromatic nitrogens is 1. The number of furan rings is 1. The zero-order valence-corrected chi connectivity index (χ0v) is 12.6. The smallest absolute Gasteiger partial charge is 0.200 e. The van der Waals surface area contributed by atoms with Crippen molar-refractivity contribution in [2.45, 2.75) is 25.6 Å². The van der Waals surface area contributed by atoms with Gasteiger partial charge in [-0.15, -0.1) is 11.3 Å². The van der Waals surface area contributed by atoms with Gasteiger partial charge >= 0.3 is 0 Å². The molecule has 2 aromatic rings. The van der Waals surface area contributed by atoms with Gasteiger partial charge < -0.3 is 9.32 Å². The highest BCUT2D eigenvalue weighted by Crippen LogP contribution is 2.46. The molecule has 0 amide bonds. The second kappa shape index (κ2) is 5.43. The van der Waals surface area contributed by atoms with Gasteiger partial charge in [0.2, 0.25) is 0 Å². The van der Waals surface area contributed by atoms with Crippen LogP contribution in [-0.4, -0.2) is 10.4 Å². The van der Waals surface area contributed by atoms with Gasteiger partial charge in [-0.3, -0.25) is 4.98 Å². The molecular formula is C14H16N2OS2. The van der Waals surface area contributed by atoms with Gasteiger partial charge in [0.05, 0.1) is 22.0 Å². The van der Waals surface area contributed by atoms with E-state index in [4.69, 9.17) is 4.42 Å². The van der Waals surface area contributed by atoms with Crippen LogP contribution in [0.1, 0.15) is 25.1 Å². The molecule has 2 atom stereocenters. The monoisotopic (exact) mass is 292 g/mol. The third-order valence-corrected chi connectivity index (χ3v) is 5.79. The Kier molecular flexibility index (Phi) is 3.66. The lowest BCUT2D eigenvalue weighted by Crippen LogP contribution is -2.29. The Balaban J connectivity index is 1.92. The molecule has 0 radical (unpaired) electrons. The molecule has 0 bridgehead atoms. The molecule has 0 saturated heterocycles. The van der Waals surface area contributed by atoms with Crippen molar-refractivity contribution in [1.82, 2.24) is 4.98 Å². The summed E-state index contributed by atoms with van der Waals surface area (Å²) in [6.07, 6.45) is 7.00. The molecule has 2 aromatic heterocycles. The zero-order chi connectivity index (χ0) is 13.2. The summed E-state index contributed by atoms with van der Waals surface area (Å²) >= 11 is 3.59. The SMILES string of the molecule is CCC(C)C1SC(c2cncs2)=CN1c1ccco1. The normalized spacial score (nSPS) is 20.6. The molecule has 3 nitrogen and oxygen atoms in total. The number of hydrogen-bond donors (Lipinski definition) is 0. The lowest BCUT2D eigenvalue weighted by Gasteiger charge is -2.26. The molecule has 2 unspecified atom stereocenters. The first-order chi connectivity index (χ1) is 9.29. The summed E-state index contributed by atoms with van der Waals surface area (Å²) in [4.78, 5) is 8.92. The van der Waals surface area contributed by atoms with Gasteiger partial charge in [-0.2, -0.15) is 0 Å². The Hall–Kier alpha value is -1.20. The van der Waals surface area contributed by atoms with Crippen LogP contribution < -0.4 is 4.90 Å². The lowest BCUT2D eigenvalue weighted by molar-refractivity contribution is 0.500. The van der Waals surface area contributed by atoms with Crippen molar-refractivity contribution in [3.05, 3.63) is 41.2 Å². The predicted molar refractivity (Wildman–Crippen MR) is 82.1 cm³/mol. The molecule has 0 spiro atoms. The van der Waals surface area contributed by atoms with E-state index >= 15 is 0 Å². The quantitative estimate of drug-likeness (QED) is 0.819. The van der Waals surface area contributed by atoms with Crippen LogP contribution in [0.25, 0.3) is 4.91 Å². The average Bonchev–Trinajstić information content (AvgIpc) is 3.14. The number of rotatable bonds is 4. The van der Waals surface area contributed by atoms with Crippen LogP contribution >= 0.6 is 23.1 Å². The Morgan fingerprint density at radius 3 is 3.05 bits per heavy atom. The highest BCUT2D eigenvalue weighted by molar-refractivity contribution is 8.09. The van der Waals surface area contributed by atoms with E-state index in [-0.39, 0.29) is 0 Å². The minimum Gasteiger partial charge on any atom is -0.448 e. The molecule has 0 fully saturated rings. The Labute approximate surface area is 121 Å². The van der Waals surface area contributed by atoms with Gasteiger partial charge in [0, 0.05) is 23.4 Å². The first kappa shape index (κ1) is 12.8. The van der Waals surface area contributed by atoms with E-state index in [1.54, 1.807) is 17.6 Å². The van der Waals surface area contributed by atoms with Crippen molar-refractivity contribution >= 4 is 33.9 Å². The van der Waals surface area contributed by atoms with Gasteiger partial charge in [-0.1, -0.05) is 32.0 Å². The molecule has 19 heavy (non-hydrogen) atoms. The number of nitrogens with zero attached hydrogens (tertiary/aromatic N) is 2. The van der Waals surface area contributed by atoms with Crippen molar-refractivity contribution < 1.29 is 4.42 Å². The minimum atomic E-state index is 0.397. The van der Waals surface area contributed by atoms with E-state index in [1.165, 1.54) is 9.78 Å². The van der Waals surface area contributed by atoms with Gasteiger partial charge in [0.25, 0.3) is 0 Å². The first-order valence-corrected chi connectivity index (χ1v) is 8.14. The number of thiazole rings is 1. The van der Waals surface area contributed by atoms with E-state index in [0.717, 1.165) is 12.3 Å². The maximum absolute atomic E-state index is 5.56. The first-order valence-electron chi connectivity index (χ1n) is 6.38. The average molecular weight is 292 g/mol. The summed E-state index contributed by atoms with van der Waals surface area (Å²) < 4.78 is 5.56. The van der Waals surface area contributed by atoms with Crippen LogP contribution in [0, 0.1) is 5.92 Å². The van der Waals surface area contributed by atoms with Crippen LogP contribution in [0.5, 0.6) is 0 Å². The van der Waals surface area contributed by atoms with Gasteiger partial charge in [-0.25, -0.2) is 0 Å². The summed E-state index contributed by atoms with van der Waals surface area (Å²) in [6, 6.07) is 3.95. The number of anilines is 1. The lowest BCUT2D eigenvalue weighted by atomic mass is 10.1. The molecule has 5 heteroatoms. The van der Waals surface area contributed by atoms with Crippen molar-refractivity contribution in [3.8, 4) is 0 Å². The summed E-state index contributed by atoms with van der Waals surface area (Å²) in [7, 11) is 0. The molecule has 0 aliphatic carbocycles. The second-order valence-corrected chi connectivity index (χ2v) is 6.66. The Morgan fingerprint density at radius 1 is 1.53 bits per heavy atom. The molecule has 1 aliphatic rings. The molecular weight excluding hydrogens is 276 g/mol. The van der Waals surface area contributed by atoms with E-state index < -0.39 is 0 Å². The van der Waals surface area contributed by atoms with Crippen molar-refractivity contribution in [1.29, 1.82) is 0 Å². The molecule has 3 rings (SSSR count). The van der Waals surface area contributed by atoms with E-state index in [9.17, 15) is 0 Å². The van der Waals surface area contributed by atoms with Crippen molar-refractivity contribution in [2.24, 2.45) is 5.92 Å². The standard InChI is InChI=1S/C14H16N2OS2/c1-3-10(2)14-16(13-5-4-6-17-13)8-12(19-14)11-7-15-9-18-11/h4-10,14H,3H2,1-2H3. The fraction of sp³-hybridized carbons (Fsp3) is 0.357. The second-order valence-electron chi connectivity index (χ2n) is 4.61. The largest absolute Gasteiger partial charge is 0.448 e.